The Morgan fingerprint density at radius 3 is 0.333 bits per heavy atom. The van der Waals surface area contributed by atoms with Crippen LogP contribution in [0.25, 0.3) is 0 Å². The van der Waals surface area contributed by atoms with E-state index in [0.717, 1.165) is 0 Å². The summed E-state index contributed by atoms with van der Waals surface area (Å²) < 4.78 is 0. The van der Waals surface area contributed by atoms with Crippen molar-refractivity contribution in [3.8, 4) is 0 Å². The molecule has 0 saturated carbocycles. The molecule has 0 aromatic carbocycles. The zero-order valence-corrected chi connectivity index (χ0v) is 10.2. The summed E-state index contributed by atoms with van der Waals surface area (Å²) in [5, 5.41) is 0. The van der Waals surface area contributed by atoms with Crippen LogP contribution in [0.4, 0.5) is 0 Å². The standard InChI is InChI=1S/3CH4.3Y/h3*1H4;;;. The Bertz CT molecular complexity index is 6.00. The van der Waals surface area contributed by atoms with Crippen LogP contribution in [0.3, 0.4) is 0 Å². The molecule has 0 N–H and O–H groups in total. The van der Waals surface area contributed by atoms with E-state index >= 15 is 0 Å². The predicted octanol–water partition coefficient (Wildman–Crippen LogP) is 1.90. The summed E-state index contributed by atoms with van der Waals surface area (Å²) in [6.07, 6.45) is 0. The van der Waals surface area contributed by atoms with E-state index in [1.165, 1.54) is 0 Å². The number of rotatable bonds is 0. The monoisotopic (exact) mass is 315 g/mol. The van der Waals surface area contributed by atoms with E-state index in [-0.39, 0.29) is 120 Å². The second-order valence-corrected chi connectivity index (χ2v) is 0. The fourth-order valence-corrected chi connectivity index (χ4v) is 0. The molecular formula is C3H12Y3. The van der Waals surface area contributed by atoms with Gasteiger partial charge in [0.25, 0.3) is 0 Å². The van der Waals surface area contributed by atoms with Crippen molar-refractivity contribution in [1.29, 1.82) is 0 Å². The molecule has 3 radical (unpaired) electrons. The van der Waals surface area contributed by atoms with Crippen molar-refractivity contribution in [2.45, 2.75) is 22.3 Å². The Morgan fingerprint density at radius 1 is 0.333 bits per heavy atom. The SMILES string of the molecule is C.C.C.[Y].[Y].[Y]. The molecule has 0 amide bonds. The van der Waals surface area contributed by atoms with E-state index in [1.807, 2.05) is 0 Å². The van der Waals surface area contributed by atoms with Crippen LogP contribution in [-0.4, -0.2) is 0 Å². The van der Waals surface area contributed by atoms with Crippen molar-refractivity contribution in [3.63, 3.8) is 0 Å². The van der Waals surface area contributed by atoms with Gasteiger partial charge >= 0.3 is 0 Å². The van der Waals surface area contributed by atoms with Crippen molar-refractivity contribution in [2.75, 3.05) is 0 Å². The molecule has 0 aromatic rings. The summed E-state index contributed by atoms with van der Waals surface area (Å²) in [5.74, 6) is 0. The Hall–Kier alpha value is 3.31. The zero-order chi connectivity index (χ0) is 0. The molecule has 0 rings (SSSR count). The van der Waals surface area contributed by atoms with Crippen molar-refractivity contribution >= 4 is 0 Å². The summed E-state index contributed by atoms with van der Waals surface area (Å²) >= 11 is 0. The van der Waals surface area contributed by atoms with E-state index in [2.05, 4.69) is 0 Å². The quantitative estimate of drug-likeness (QED) is 0.641. The van der Waals surface area contributed by atoms with Crippen LogP contribution >= 0.6 is 0 Å². The molecular weight excluding hydrogens is 303 g/mol. The molecule has 0 unspecified atom stereocenters. The first-order chi connectivity index (χ1) is 0. The second kappa shape index (κ2) is 40.5. The molecule has 3 heteroatoms. The molecule has 0 aliphatic heterocycles. The van der Waals surface area contributed by atoms with E-state index < -0.39 is 0 Å². The molecule has 0 nitrogen and oxygen atoms in total. The maximum Gasteiger partial charge on any atom is 0 e. The van der Waals surface area contributed by atoms with Gasteiger partial charge in [-0.15, -0.1) is 0 Å². The van der Waals surface area contributed by atoms with Crippen LogP contribution in [0.2, 0.25) is 0 Å². The Kier molecular flexibility index (Phi) is 396. The van der Waals surface area contributed by atoms with Crippen LogP contribution in [-0.2, 0) is 98.1 Å². The van der Waals surface area contributed by atoms with Crippen molar-refractivity contribution in [1.82, 2.24) is 0 Å². The van der Waals surface area contributed by atoms with Crippen molar-refractivity contribution in [2.24, 2.45) is 0 Å². The van der Waals surface area contributed by atoms with Crippen LogP contribution in [0.15, 0.2) is 0 Å². The van der Waals surface area contributed by atoms with Crippen LogP contribution in [0.1, 0.15) is 22.3 Å². The fraction of sp³-hybridized carbons (Fsp3) is 1.00. The molecule has 0 saturated heterocycles. The van der Waals surface area contributed by atoms with E-state index in [4.69, 9.17) is 0 Å². The van der Waals surface area contributed by atoms with Crippen molar-refractivity contribution < 1.29 is 98.1 Å². The Morgan fingerprint density at radius 2 is 0.333 bits per heavy atom. The van der Waals surface area contributed by atoms with Crippen molar-refractivity contribution in [3.05, 3.63) is 0 Å². The minimum Gasteiger partial charge on any atom is -0.0776 e. The third kappa shape index (κ3) is 26.6. The summed E-state index contributed by atoms with van der Waals surface area (Å²) in [4.78, 5) is 0. The van der Waals surface area contributed by atoms with E-state index in [0.29, 0.717) is 0 Å². The first-order valence-corrected chi connectivity index (χ1v) is 0. The molecule has 0 aliphatic carbocycles. The van der Waals surface area contributed by atoms with Crippen LogP contribution in [0.5, 0.6) is 0 Å². The summed E-state index contributed by atoms with van der Waals surface area (Å²) in [7, 11) is 0. The van der Waals surface area contributed by atoms with Gasteiger partial charge in [-0.1, -0.05) is 22.3 Å². The van der Waals surface area contributed by atoms with Gasteiger partial charge in [0.05, 0.1) is 0 Å². The summed E-state index contributed by atoms with van der Waals surface area (Å²) in [6.45, 7) is 0. The molecule has 33 valence electrons. The Balaban J connectivity index is 0. The van der Waals surface area contributed by atoms with Gasteiger partial charge in [-0.25, -0.2) is 0 Å². The summed E-state index contributed by atoms with van der Waals surface area (Å²) in [5.41, 5.74) is 0. The minimum absolute atomic E-state index is 0. The Labute approximate surface area is 118 Å². The summed E-state index contributed by atoms with van der Waals surface area (Å²) in [6, 6.07) is 0. The molecule has 0 atom stereocenters. The van der Waals surface area contributed by atoms with Gasteiger partial charge in [-0.3, -0.25) is 0 Å². The largest absolute Gasteiger partial charge is 0.0776 e. The van der Waals surface area contributed by atoms with Gasteiger partial charge < -0.3 is 0 Å². The molecule has 0 fully saturated rings. The first kappa shape index (κ1) is 58.7. The predicted molar refractivity (Wildman–Crippen MR) is 20.2 cm³/mol. The van der Waals surface area contributed by atoms with Gasteiger partial charge in [0.15, 0.2) is 0 Å². The van der Waals surface area contributed by atoms with Gasteiger partial charge in [0.1, 0.15) is 0 Å². The maximum atomic E-state index is 0. The average Bonchev–Trinajstić information content (AvgIpc) is 0. The van der Waals surface area contributed by atoms with Crippen LogP contribution in [0, 0.1) is 0 Å². The third-order valence-corrected chi connectivity index (χ3v) is 0. The smallest absolute Gasteiger partial charge is 0 e. The molecule has 0 spiro atoms. The molecule has 0 heterocycles. The first-order valence-electron chi connectivity index (χ1n) is 0. The topological polar surface area (TPSA) is 0 Å². The maximum absolute atomic E-state index is 0. The van der Waals surface area contributed by atoms with Crippen LogP contribution < -0.4 is 0 Å². The number of hydrogen-bond acceptors (Lipinski definition) is 0. The molecule has 0 aromatic heterocycles. The van der Waals surface area contributed by atoms with Gasteiger partial charge in [0.2, 0.25) is 0 Å². The zero-order valence-electron chi connectivity index (χ0n) is 1.73. The van der Waals surface area contributed by atoms with Gasteiger partial charge in [-0.05, 0) is 0 Å². The van der Waals surface area contributed by atoms with E-state index in [1.54, 1.807) is 0 Å². The average molecular weight is 315 g/mol. The molecule has 0 bridgehead atoms. The molecule has 6 heavy (non-hydrogen) atoms. The fourth-order valence-electron chi connectivity index (χ4n) is 0. The minimum atomic E-state index is 0. The van der Waals surface area contributed by atoms with Gasteiger partial charge in [-0.2, -0.15) is 0 Å². The third-order valence-electron chi connectivity index (χ3n) is 0. The second-order valence-electron chi connectivity index (χ2n) is 0. The van der Waals surface area contributed by atoms with Gasteiger partial charge in [0, 0.05) is 98.1 Å². The normalized spacial score (nSPS) is 0. The molecule has 0 aliphatic rings. The number of hydrogen-bond donors (Lipinski definition) is 0. The van der Waals surface area contributed by atoms with E-state index in [9.17, 15) is 0 Å².